The topological polar surface area (TPSA) is 74.8 Å². The summed E-state index contributed by atoms with van der Waals surface area (Å²) >= 11 is 12.7. The maximum absolute atomic E-state index is 14.0. The summed E-state index contributed by atoms with van der Waals surface area (Å²) < 4.78 is 17.8. The van der Waals surface area contributed by atoms with Crippen molar-refractivity contribution in [1.82, 2.24) is 19.8 Å². The van der Waals surface area contributed by atoms with E-state index < -0.39 is 6.17 Å². The zero-order valence-electron chi connectivity index (χ0n) is 21.2. The average molecular weight is 531 g/mol. The summed E-state index contributed by atoms with van der Waals surface area (Å²) in [7, 11) is 1.88. The van der Waals surface area contributed by atoms with Gasteiger partial charge in [0, 0.05) is 43.4 Å². The van der Waals surface area contributed by atoms with Crippen LogP contribution in [-0.4, -0.2) is 50.1 Å². The normalized spacial score (nSPS) is 39.2. The lowest BCUT2D eigenvalue weighted by Crippen LogP contribution is -2.58. The standard InChI is InChI=1S/C26H42Cl2FN5O/c1-15-10-19(29)5-6-20(15)23-11-17(14-34-9-8-33(3)26(34)30)12-24(32-23)25(35)31-16(2)18-4-7-21(27)22(28)13-18/h8-9,15-24,30,32H,4-7,10-14H2,1-3H3,(H,31,35)/t15?,16-,17?,18?,19?,20?,21?,22?,23?,24?/m1/s1. The Morgan fingerprint density at radius 3 is 2.60 bits per heavy atom. The highest BCUT2D eigenvalue weighted by Gasteiger charge is 2.41. The lowest BCUT2D eigenvalue weighted by Gasteiger charge is -2.44. The minimum atomic E-state index is -0.708. The first kappa shape index (κ1) is 27.0. The van der Waals surface area contributed by atoms with Gasteiger partial charge >= 0.3 is 0 Å². The summed E-state index contributed by atoms with van der Waals surface area (Å²) in [5, 5.41) is 15.3. The van der Waals surface area contributed by atoms with Crippen LogP contribution in [0.25, 0.3) is 0 Å². The number of rotatable bonds is 6. The van der Waals surface area contributed by atoms with E-state index in [9.17, 15) is 9.18 Å². The van der Waals surface area contributed by atoms with Crippen molar-refractivity contribution in [2.75, 3.05) is 0 Å². The van der Waals surface area contributed by atoms with E-state index >= 15 is 0 Å². The Morgan fingerprint density at radius 2 is 1.94 bits per heavy atom. The van der Waals surface area contributed by atoms with E-state index in [2.05, 4.69) is 24.5 Å². The molecular weight excluding hydrogens is 488 g/mol. The number of hydrogen-bond acceptors (Lipinski definition) is 3. The molecule has 4 rings (SSSR count). The number of halogens is 3. The second-order valence-corrected chi connectivity index (χ2v) is 12.6. The van der Waals surface area contributed by atoms with Crippen LogP contribution in [0.15, 0.2) is 12.4 Å². The van der Waals surface area contributed by atoms with Crippen LogP contribution >= 0.6 is 23.2 Å². The number of piperidine rings is 1. The quantitative estimate of drug-likeness (QED) is 0.479. The molecule has 1 aliphatic heterocycles. The average Bonchev–Trinajstić information content (AvgIpc) is 3.12. The van der Waals surface area contributed by atoms with Crippen LogP contribution in [0.2, 0.25) is 0 Å². The molecule has 3 fully saturated rings. The molecule has 0 bridgehead atoms. The highest BCUT2D eigenvalue weighted by atomic mass is 35.5. The van der Waals surface area contributed by atoms with Crippen molar-refractivity contribution in [1.29, 1.82) is 5.41 Å². The van der Waals surface area contributed by atoms with Gasteiger partial charge < -0.3 is 19.8 Å². The van der Waals surface area contributed by atoms with Crippen LogP contribution < -0.4 is 16.3 Å². The predicted molar refractivity (Wildman–Crippen MR) is 138 cm³/mol. The summed E-state index contributed by atoms with van der Waals surface area (Å²) in [5.41, 5.74) is 0.464. The fraction of sp³-hybridized carbons (Fsp3) is 0.846. The van der Waals surface area contributed by atoms with Gasteiger partial charge in [-0.15, -0.1) is 23.2 Å². The van der Waals surface area contributed by atoms with E-state index in [0.717, 1.165) is 45.1 Å². The molecule has 3 aliphatic rings. The van der Waals surface area contributed by atoms with E-state index in [0.29, 0.717) is 36.2 Å². The molecule has 0 radical (unpaired) electrons. The molecule has 10 atom stereocenters. The van der Waals surface area contributed by atoms with Gasteiger partial charge in [-0.3, -0.25) is 10.2 Å². The zero-order valence-corrected chi connectivity index (χ0v) is 22.7. The molecule has 198 valence electrons. The smallest absolute Gasteiger partial charge is 0.237 e. The van der Waals surface area contributed by atoms with E-state index in [-0.39, 0.29) is 40.7 Å². The molecule has 0 spiro atoms. The van der Waals surface area contributed by atoms with Crippen molar-refractivity contribution in [2.45, 2.75) is 107 Å². The van der Waals surface area contributed by atoms with Gasteiger partial charge in [0.1, 0.15) is 6.17 Å². The van der Waals surface area contributed by atoms with Crippen molar-refractivity contribution >= 4 is 29.1 Å². The SMILES string of the molecule is CC1CC(F)CCC1C1CC(Cn2ccn(C)c2=N)CC(C(=O)N[C@H](C)C2CCC(Cl)C(Cl)C2)N1. The molecule has 9 unspecified atom stereocenters. The third-order valence-corrected chi connectivity index (χ3v) is 10.1. The number of carbonyl (C=O) groups is 1. The number of carbonyl (C=O) groups excluding carboxylic acids is 1. The van der Waals surface area contributed by atoms with Crippen molar-refractivity contribution in [2.24, 2.45) is 30.7 Å². The summed E-state index contributed by atoms with van der Waals surface area (Å²) in [4.78, 5) is 13.5. The first-order valence-electron chi connectivity index (χ1n) is 13.4. The lowest BCUT2D eigenvalue weighted by molar-refractivity contribution is -0.126. The molecule has 1 amide bonds. The van der Waals surface area contributed by atoms with Gasteiger partial charge in [0.2, 0.25) is 11.5 Å². The van der Waals surface area contributed by atoms with Crippen LogP contribution in [0.5, 0.6) is 0 Å². The van der Waals surface area contributed by atoms with E-state index in [1.54, 1.807) is 4.57 Å². The van der Waals surface area contributed by atoms with Crippen molar-refractivity contribution in [3.05, 3.63) is 18.0 Å². The fourth-order valence-electron chi connectivity index (χ4n) is 6.72. The van der Waals surface area contributed by atoms with Crippen molar-refractivity contribution < 1.29 is 9.18 Å². The van der Waals surface area contributed by atoms with Crippen LogP contribution in [0, 0.1) is 29.1 Å². The summed E-state index contributed by atoms with van der Waals surface area (Å²) in [6, 6.07) is -0.0661. The third-order valence-electron chi connectivity index (χ3n) is 8.92. The van der Waals surface area contributed by atoms with Crippen molar-refractivity contribution in [3.8, 4) is 0 Å². The molecule has 1 aromatic heterocycles. The van der Waals surface area contributed by atoms with Crippen LogP contribution in [0.4, 0.5) is 4.39 Å². The van der Waals surface area contributed by atoms with Crippen LogP contribution in [-0.2, 0) is 18.4 Å². The summed E-state index contributed by atoms with van der Waals surface area (Å²) in [5.74, 6) is 1.31. The van der Waals surface area contributed by atoms with Crippen LogP contribution in [0.3, 0.4) is 0 Å². The van der Waals surface area contributed by atoms with Gasteiger partial charge in [-0.25, -0.2) is 4.39 Å². The number of aryl methyl sites for hydroxylation is 1. The van der Waals surface area contributed by atoms with E-state index in [1.165, 1.54) is 0 Å². The Kier molecular flexibility index (Phi) is 8.91. The molecule has 35 heavy (non-hydrogen) atoms. The predicted octanol–water partition coefficient (Wildman–Crippen LogP) is 4.34. The van der Waals surface area contributed by atoms with Gasteiger partial charge in [0.15, 0.2) is 0 Å². The summed E-state index contributed by atoms with van der Waals surface area (Å²) in [6.07, 6.45) is 9.57. The molecule has 2 saturated carbocycles. The molecular formula is C26H42Cl2FN5O. The summed E-state index contributed by atoms with van der Waals surface area (Å²) in [6.45, 7) is 4.95. The number of imidazole rings is 1. The Labute approximate surface area is 218 Å². The molecule has 6 nitrogen and oxygen atoms in total. The maximum atomic E-state index is 14.0. The molecule has 3 N–H and O–H groups in total. The minimum absolute atomic E-state index is 0.0103. The first-order valence-corrected chi connectivity index (χ1v) is 14.2. The van der Waals surface area contributed by atoms with Crippen molar-refractivity contribution in [3.63, 3.8) is 0 Å². The number of nitrogens with zero attached hydrogens (tertiary/aromatic N) is 2. The molecule has 1 saturated heterocycles. The first-order chi connectivity index (χ1) is 16.6. The van der Waals surface area contributed by atoms with Gasteiger partial charge in [-0.1, -0.05) is 6.92 Å². The molecule has 1 aromatic rings. The third kappa shape index (κ3) is 6.45. The zero-order chi connectivity index (χ0) is 25.3. The molecule has 0 aromatic carbocycles. The van der Waals surface area contributed by atoms with Crippen LogP contribution in [0.1, 0.15) is 65.2 Å². The number of alkyl halides is 3. The number of hydrogen-bond donors (Lipinski definition) is 3. The van der Waals surface area contributed by atoms with E-state index in [4.69, 9.17) is 28.6 Å². The minimum Gasteiger partial charge on any atom is -0.352 e. The number of nitrogens with one attached hydrogen (secondary N) is 3. The highest BCUT2D eigenvalue weighted by Crippen LogP contribution is 2.38. The Hall–Kier alpha value is -1.05. The number of aromatic nitrogens is 2. The maximum Gasteiger partial charge on any atom is 0.237 e. The molecule has 9 heteroatoms. The Balaban J connectivity index is 1.45. The fourth-order valence-corrected chi connectivity index (χ4v) is 7.30. The second kappa shape index (κ2) is 11.6. The number of amides is 1. The lowest BCUT2D eigenvalue weighted by atomic mass is 9.71. The molecule has 2 heterocycles. The molecule has 2 aliphatic carbocycles. The highest BCUT2D eigenvalue weighted by molar-refractivity contribution is 6.30. The van der Waals surface area contributed by atoms with Gasteiger partial charge in [-0.2, -0.15) is 0 Å². The van der Waals surface area contributed by atoms with E-state index in [1.807, 2.05) is 24.0 Å². The van der Waals surface area contributed by atoms with Gasteiger partial charge in [-0.05, 0) is 82.0 Å². The van der Waals surface area contributed by atoms with Gasteiger partial charge in [0.05, 0.1) is 11.4 Å². The Morgan fingerprint density at radius 1 is 1.17 bits per heavy atom. The van der Waals surface area contributed by atoms with Gasteiger partial charge in [0.25, 0.3) is 0 Å². The largest absolute Gasteiger partial charge is 0.352 e. The second-order valence-electron chi connectivity index (χ2n) is 11.5. The Bertz CT molecular complexity index is 922. The monoisotopic (exact) mass is 529 g/mol.